The van der Waals surface area contributed by atoms with Crippen molar-refractivity contribution in [2.75, 3.05) is 19.5 Å². The summed E-state index contributed by atoms with van der Waals surface area (Å²) < 4.78 is 80.0. The van der Waals surface area contributed by atoms with Crippen LogP contribution in [0.5, 0.6) is 11.8 Å². The minimum absolute atomic E-state index is 0.0399. The van der Waals surface area contributed by atoms with Crippen molar-refractivity contribution in [3.8, 4) is 11.8 Å². The molecule has 31 heavy (non-hydrogen) atoms. The van der Waals surface area contributed by atoms with Gasteiger partial charge in [-0.1, -0.05) is 0 Å². The highest BCUT2D eigenvalue weighted by molar-refractivity contribution is 7.92. The number of amides is 2. The molecule has 2 heterocycles. The minimum atomic E-state index is -4.65. The summed E-state index contributed by atoms with van der Waals surface area (Å²) in [7, 11) is -1.79. The third-order valence-corrected chi connectivity index (χ3v) is 6.67. The van der Waals surface area contributed by atoms with Gasteiger partial charge in [0.25, 0.3) is 10.0 Å². The lowest BCUT2D eigenvalue weighted by atomic mass is 10.1. The summed E-state index contributed by atoms with van der Waals surface area (Å²) in [5.41, 5.74) is -2.54. The topological polar surface area (TPSA) is 129 Å². The standard InChI is InChI=1S/C16H19F3N4O6S2/c1-15(2,16(17,18)19)29-8-9-5-6-30-12(9)31(25,26)23-14(24)22-13-20-10(27-3)7-11(21-13)28-4/h5-7H,8H2,1-4H3,(H2,20,21,22,23,24). The number of anilines is 1. The third kappa shape index (κ3) is 6.18. The fourth-order valence-electron chi connectivity index (χ4n) is 1.97. The number of nitrogens with zero attached hydrogens (tertiary/aromatic N) is 2. The zero-order chi connectivity index (χ0) is 23.4. The molecule has 2 N–H and O–H groups in total. The predicted molar refractivity (Wildman–Crippen MR) is 104 cm³/mol. The van der Waals surface area contributed by atoms with E-state index in [0.717, 1.165) is 13.8 Å². The van der Waals surface area contributed by atoms with E-state index in [1.807, 2.05) is 0 Å². The molecule has 2 aromatic heterocycles. The van der Waals surface area contributed by atoms with Crippen molar-refractivity contribution in [2.45, 2.75) is 36.4 Å². The van der Waals surface area contributed by atoms with Gasteiger partial charge in [0.15, 0.2) is 5.60 Å². The minimum Gasteiger partial charge on any atom is -0.481 e. The Hall–Kier alpha value is -2.65. The summed E-state index contributed by atoms with van der Waals surface area (Å²) >= 11 is 0.712. The van der Waals surface area contributed by atoms with Crippen LogP contribution in [0.3, 0.4) is 0 Å². The second-order valence-corrected chi connectivity index (χ2v) is 9.16. The summed E-state index contributed by atoms with van der Waals surface area (Å²) in [6.07, 6.45) is -4.65. The average molecular weight is 484 g/mol. The second kappa shape index (κ2) is 9.23. The van der Waals surface area contributed by atoms with Crippen LogP contribution in [0.1, 0.15) is 19.4 Å². The Morgan fingerprint density at radius 2 is 1.74 bits per heavy atom. The summed E-state index contributed by atoms with van der Waals surface area (Å²) in [5, 5.41) is 3.47. The predicted octanol–water partition coefficient (Wildman–Crippen LogP) is 2.92. The van der Waals surface area contributed by atoms with Crippen LogP contribution in [0, 0.1) is 0 Å². The molecule has 0 radical (unpaired) electrons. The molecule has 2 rings (SSSR count). The number of hydrogen-bond donors (Lipinski definition) is 2. The zero-order valence-electron chi connectivity index (χ0n) is 16.7. The van der Waals surface area contributed by atoms with Crippen LogP contribution < -0.4 is 19.5 Å². The number of methoxy groups -OCH3 is 2. The molecule has 2 aromatic rings. The lowest BCUT2D eigenvalue weighted by molar-refractivity contribution is -0.267. The smallest absolute Gasteiger partial charge is 0.416 e. The number of ether oxygens (including phenoxy) is 3. The Morgan fingerprint density at radius 3 is 2.26 bits per heavy atom. The van der Waals surface area contributed by atoms with Gasteiger partial charge in [-0.2, -0.15) is 23.1 Å². The number of sulfonamides is 1. The van der Waals surface area contributed by atoms with Gasteiger partial charge in [0.1, 0.15) is 4.21 Å². The van der Waals surface area contributed by atoms with Gasteiger partial charge < -0.3 is 14.2 Å². The largest absolute Gasteiger partial charge is 0.481 e. The fraction of sp³-hybridized carbons (Fsp3) is 0.438. The van der Waals surface area contributed by atoms with Crippen LogP contribution in [-0.4, -0.2) is 50.4 Å². The van der Waals surface area contributed by atoms with Crippen molar-refractivity contribution in [1.29, 1.82) is 0 Å². The van der Waals surface area contributed by atoms with Crippen molar-refractivity contribution in [2.24, 2.45) is 0 Å². The number of nitrogens with one attached hydrogen (secondary N) is 2. The number of rotatable bonds is 8. The van der Waals surface area contributed by atoms with Crippen LogP contribution >= 0.6 is 11.3 Å². The maximum Gasteiger partial charge on any atom is 0.416 e. The Kier molecular flexibility index (Phi) is 7.33. The van der Waals surface area contributed by atoms with E-state index in [1.54, 1.807) is 4.72 Å². The Morgan fingerprint density at radius 1 is 1.16 bits per heavy atom. The zero-order valence-corrected chi connectivity index (χ0v) is 18.4. The average Bonchev–Trinajstić information content (AvgIpc) is 3.14. The molecule has 15 heteroatoms. The molecule has 10 nitrogen and oxygen atoms in total. The van der Waals surface area contributed by atoms with Crippen LogP contribution in [0.4, 0.5) is 23.9 Å². The molecule has 0 aliphatic heterocycles. The number of carbonyl (C=O) groups is 1. The first kappa shape index (κ1) is 24.6. The van der Waals surface area contributed by atoms with Crippen LogP contribution in [0.2, 0.25) is 0 Å². The normalized spacial score (nSPS) is 12.4. The first-order valence-electron chi connectivity index (χ1n) is 8.37. The molecular formula is C16H19F3N4O6S2. The van der Waals surface area contributed by atoms with Crippen molar-refractivity contribution in [1.82, 2.24) is 14.7 Å². The van der Waals surface area contributed by atoms with Gasteiger partial charge in [-0.3, -0.25) is 5.32 Å². The van der Waals surface area contributed by atoms with E-state index in [-0.39, 0.29) is 27.5 Å². The van der Waals surface area contributed by atoms with Gasteiger partial charge in [-0.05, 0) is 25.3 Å². The number of carbonyl (C=O) groups excluding carboxylic acids is 1. The molecule has 0 aliphatic rings. The number of halogens is 3. The molecule has 0 unspecified atom stereocenters. The molecule has 0 bridgehead atoms. The summed E-state index contributed by atoms with van der Waals surface area (Å²) in [5.74, 6) is -0.199. The first-order valence-corrected chi connectivity index (χ1v) is 10.7. The Bertz CT molecular complexity index is 1020. The number of alkyl halides is 3. The highest BCUT2D eigenvalue weighted by atomic mass is 32.2. The second-order valence-electron chi connectivity index (χ2n) is 6.37. The summed E-state index contributed by atoms with van der Waals surface area (Å²) in [6, 6.07) is 1.42. The monoisotopic (exact) mass is 484 g/mol. The lowest BCUT2D eigenvalue weighted by Gasteiger charge is -2.27. The van der Waals surface area contributed by atoms with E-state index >= 15 is 0 Å². The van der Waals surface area contributed by atoms with E-state index in [2.05, 4.69) is 15.3 Å². The van der Waals surface area contributed by atoms with Crippen LogP contribution in [-0.2, 0) is 21.4 Å². The van der Waals surface area contributed by atoms with Gasteiger partial charge in [-0.25, -0.2) is 17.9 Å². The Balaban J connectivity index is 2.13. The van der Waals surface area contributed by atoms with Crippen LogP contribution in [0.15, 0.2) is 21.7 Å². The number of aromatic nitrogens is 2. The number of hydrogen-bond acceptors (Lipinski definition) is 9. The molecular weight excluding hydrogens is 465 g/mol. The molecule has 172 valence electrons. The molecule has 0 spiro atoms. The molecule has 0 fully saturated rings. The molecule has 2 amide bonds. The Labute approximate surface area is 179 Å². The van der Waals surface area contributed by atoms with E-state index in [9.17, 15) is 26.4 Å². The SMILES string of the molecule is COc1cc(OC)nc(NC(=O)NS(=O)(=O)c2sccc2COC(C)(C)C(F)(F)F)n1. The fourth-order valence-corrected chi connectivity index (χ4v) is 4.26. The van der Waals surface area contributed by atoms with Crippen LogP contribution in [0.25, 0.3) is 0 Å². The highest BCUT2D eigenvalue weighted by Gasteiger charge is 2.48. The highest BCUT2D eigenvalue weighted by Crippen LogP contribution is 2.34. The third-order valence-electron chi connectivity index (χ3n) is 3.77. The molecule has 0 saturated carbocycles. The van der Waals surface area contributed by atoms with Crippen molar-refractivity contribution in [3.05, 3.63) is 23.1 Å². The number of thiophene rings is 1. The van der Waals surface area contributed by atoms with Gasteiger partial charge >= 0.3 is 12.2 Å². The summed E-state index contributed by atoms with van der Waals surface area (Å²) in [6.45, 7) is 1.01. The maximum atomic E-state index is 12.9. The van der Waals surface area contributed by atoms with Gasteiger partial charge in [-0.15, -0.1) is 11.3 Å². The molecule has 0 saturated heterocycles. The first-order chi connectivity index (χ1) is 14.3. The van der Waals surface area contributed by atoms with E-state index in [4.69, 9.17) is 14.2 Å². The van der Waals surface area contributed by atoms with E-state index in [0.29, 0.717) is 11.3 Å². The molecule has 0 aliphatic carbocycles. The van der Waals surface area contributed by atoms with Gasteiger partial charge in [0, 0.05) is 5.56 Å². The van der Waals surface area contributed by atoms with Crippen molar-refractivity contribution in [3.63, 3.8) is 0 Å². The maximum absolute atomic E-state index is 12.9. The van der Waals surface area contributed by atoms with Crippen molar-refractivity contribution < 1.29 is 40.6 Å². The lowest BCUT2D eigenvalue weighted by Crippen LogP contribution is -2.41. The molecule has 0 atom stereocenters. The molecule has 0 aromatic carbocycles. The van der Waals surface area contributed by atoms with Gasteiger partial charge in [0.05, 0.1) is 26.9 Å². The summed E-state index contributed by atoms with van der Waals surface area (Å²) in [4.78, 5) is 19.8. The van der Waals surface area contributed by atoms with E-state index in [1.165, 1.54) is 31.7 Å². The van der Waals surface area contributed by atoms with E-state index < -0.39 is 34.4 Å². The van der Waals surface area contributed by atoms with Gasteiger partial charge in [0.2, 0.25) is 17.7 Å². The quantitative estimate of drug-likeness (QED) is 0.585. The number of urea groups is 1. The van der Waals surface area contributed by atoms with Crippen molar-refractivity contribution >= 4 is 33.3 Å².